The lowest BCUT2D eigenvalue weighted by Gasteiger charge is -2.01. The monoisotopic (exact) mass is 253 g/mol. The predicted octanol–water partition coefficient (Wildman–Crippen LogP) is 2.32. The Morgan fingerprint density at radius 3 is 2.82 bits per heavy atom. The first kappa shape index (κ1) is 13.6. The molecule has 0 spiro atoms. The van der Waals surface area contributed by atoms with Crippen LogP contribution in [0.2, 0.25) is 0 Å². The van der Waals surface area contributed by atoms with Gasteiger partial charge in [-0.05, 0) is 17.6 Å². The average molecular weight is 253 g/mol. The van der Waals surface area contributed by atoms with Gasteiger partial charge in [-0.3, -0.25) is 0 Å². The second kappa shape index (κ2) is 6.94. The zero-order chi connectivity index (χ0) is 12.7. The van der Waals surface area contributed by atoms with Crippen LogP contribution >= 0.6 is 8.03 Å². The quantitative estimate of drug-likeness (QED) is 0.443. The molecule has 0 N–H and O–H groups in total. The van der Waals surface area contributed by atoms with Gasteiger partial charge in [0.15, 0.2) is 0 Å². The molecule has 0 saturated carbocycles. The summed E-state index contributed by atoms with van der Waals surface area (Å²) in [6.07, 6.45) is 1.09. The van der Waals surface area contributed by atoms with Crippen molar-refractivity contribution in [2.45, 2.75) is 13.5 Å². The summed E-state index contributed by atoms with van der Waals surface area (Å²) in [6.45, 7) is 5.51. The lowest BCUT2D eigenvalue weighted by atomic mass is 10.2. The molecule has 0 aliphatic heterocycles. The van der Waals surface area contributed by atoms with Crippen molar-refractivity contribution in [3.05, 3.63) is 42.5 Å². The number of esters is 1. The van der Waals surface area contributed by atoms with Crippen LogP contribution in [0.3, 0.4) is 0 Å². The Balaban J connectivity index is 2.80. The van der Waals surface area contributed by atoms with Gasteiger partial charge >= 0.3 is 14.0 Å². The smallest absolute Gasteiger partial charge is 0.457 e. The molecule has 0 bridgehead atoms. The number of rotatable bonds is 6. The summed E-state index contributed by atoms with van der Waals surface area (Å²) < 4.78 is 21.7. The van der Waals surface area contributed by atoms with Crippen LogP contribution in [0.25, 0.3) is 0 Å². The number of benzene rings is 1. The fraction of sp³-hybridized carbons (Fsp3) is 0.250. The molecule has 0 aromatic heterocycles. The van der Waals surface area contributed by atoms with E-state index >= 15 is 0 Å². The van der Waals surface area contributed by atoms with E-state index in [-0.39, 0.29) is 6.61 Å². The topological polar surface area (TPSA) is 52.6 Å². The highest BCUT2D eigenvalue weighted by atomic mass is 31.1. The lowest BCUT2D eigenvalue weighted by Crippen LogP contribution is -2.10. The maximum absolute atomic E-state index is 11.7. The maximum atomic E-state index is 11.7. The van der Waals surface area contributed by atoms with Crippen molar-refractivity contribution < 1.29 is 18.6 Å². The van der Waals surface area contributed by atoms with E-state index in [4.69, 9.17) is 9.26 Å². The van der Waals surface area contributed by atoms with E-state index in [0.29, 0.717) is 17.5 Å². The summed E-state index contributed by atoms with van der Waals surface area (Å²) in [7, 11) is -1.90. The van der Waals surface area contributed by atoms with Crippen molar-refractivity contribution in [3.63, 3.8) is 0 Å². The van der Waals surface area contributed by atoms with Crippen molar-refractivity contribution in [3.8, 4) is 0 Å². The Labute approximate surface area is 101 Å². The minimum atomic E-state index is -1.90. The molecule has 0 aliphatic rings. The zero-order valence-corrected chi connectivity index (χ0v) is 10.5. The first-order valence-electron chi connectivity index (χ1n) is 5.16. The van der Waals surface area contributed by atoms with Gasteiger partial charge in [-0.1, -0.05) is 24.8 Å². The molecular weight excluding hydrogens is 239 g/mol. The number of ether oxygens (including phenoxy) is 1. The molecule has 0 radical (unpaired) electrons. The molecule has 1 aromatic carbocycles. The van der Waals surface area contributed by atoms with Crippen molar-refractivity contribution >= 4 is 19.3 Å². The maximum Gasteiger partial charge on any atom is 0.549 e. The number of carbonyl (C=O) groups excluding carboxylic acids is 1. The minimum absolute atomic E-state index is 0.0647. The zero-order valence-electron chi connectivity index (χ0n) is 9.59. The van der Waals surface area contributed by atoms with Crippen LogP contribution in [0.15, 0.2) is 36.9 Å². The van der Waals surface area contributed by atoms with Gasteiger partial charge in [0.05, 0.1) is 0 Å². The second-order valence-electron chi connectivity index (χ2n) is 3.12. The third-order valence-electron chi connectivity index (χ3n) is 1.97. The highest BCUT2D eigenvalue weighted by Crippen LogP contribution is 2.23. The standard InChI is InChI=1S/C12H14O4P/c1-3-12(13)15-9-10-7-5-6-8-11(10)17(14)16-4-2/h3,5-8H,1,4,9H2,2H3/q+1. The summed E-state index contributed by atoms with van der Waals surface area (Å²) in [5.41, 5.74) is 0.678. The van der Waals surface area contributed by atoms with Crippen LogP contribution in [0.5, 0.6) is 0 Å². The van der Waals surface area contributed by atoms with Gasteiger partial charge in [0.2, 0.25) is 5.30 Å². The predicted molar refractivity (Wildman–Crippen MR) is 65.3 cm³/mol. The fourth-order valence-corrected chi connectivity index (χ4v) is 2.16. The molecule has 0 saturated heterocycles. The van der Waals surface area contributed by atoms with E-state index in [1.165, 1.54) is 0 Å². The number of hydrogen-bond acceptors (Lipinski definition) is 4. The van der Waals surface area contributed by atoms with E-state index < -0.39 is 14.0 Å². The van der Waals surface area contributed by atoms with E-state index in [1.807, 2.05) is 0 Å². The van der Waals surface area contributed by atoms with Crippen LogP contribution in [0, 0.1) is 0 Å². The van der Waals surface area contributed by atoms with E-state index in [2.05, 4.69) is 6.58 Å². The fourth-order valence-electron chi connectivity index (χ4n) is 1.21. The molecule has 1 rings (SSSR count). The van der Waals surface area contributed by atoms with E-state index in [1.54, 1.807) is 31.2 Å². The van der Waals surface area contributed by atoms with Gasteiger partial charge in [0.1, 0.15) is 13.2 Å². The molecule has 90 valence electrons. The molecule has 1 unspecified atom stereocenters. The van der Waals surface area contributed by atoms with E-state index in [0.717, 1.165) is 6.08 Å². The lowest BCUT2D eigenvalue weighted by molar-refractivity contribution is -0.138. The molecule has 0 fully saturated rings. The summed E-state index contributed by atoms with van der Waals surface area (Å²) >= 11 is 0. The molecule has 4 nitrogen and oxygen atoms in total. The Hall–Kier alpha value is -1.51. The first-order valence-corrected chi connectivity index (χ1v) is 6.34. The van der Waals surface area contributed by atoms with Crippen molar-refractivity contribution in [1.82, 2.24) is 0 Å². The molecule has 1 atom stereocenters. The Kier molecular flexibility index (Phi) is 5.53. The van der Waals surface area contributed by atoms with Crippen LogP contribution in [-0.4, -0.2) is 12.6 Å². The SMILES string of the molecule is C=CC(=O)OCc1ccccc1[P+](=O)OCC. The Morgan fingerprint density at radius 2 is 2.18 bits per heavy atom. The largest absolute Gasteiger partial charge is 0.549 e. The van der Waals surface area contributed by atoms with Crippen LogP contribution < -0.4 is 5.30 Å². The van der Waals surface area contributed by atoms with Gasteiger partial charge in [0.25, 0.3) is 0 Å². The molecule has 0 heterocycles. The number of carbonyl (C=O) groups is 1. The molecule has 5 heteroatoms. The highest BCUT2D eigenvalue weighted by Gasteiger charge is 2.25. The van der Waals surface area contributed by atoms with Crippen LogP contribution in [0.4, 0.5) is 0 Å². The highest BCUT2D eigenvalue weighted by molar-refractivity contribution is 7.48. The molecule has 17 heavy (non-hydrogen) atoms. The van der Waals surface area contributed by atoms with Crippen LogP contribution in [-0.2, 0) is 25.2 Å². The van der Waals surface area contributed by atoms with Crippen molar-refractivity contribution in [2.24, 2.45) is 0 Å². The molecular formula is C12H14O4P+. The third kappa shape index (κ3) is 4.10. The molecule has 0 aliphatic carbocycles. The summed E-state index contributed by atoms with van der Waals surface area (Å²) in [4.78, 5) is 10.9. The van der Waals surface area contributed by atoms with Crippen molar-refractivity contribution in [2.75, 3.05) is 6.61 Å². The number of hydrogen-bond donors (Lipinski definition) is 0. The van der Waals surface area contributed by atoms with Gasteiger partial charge in [-0.15, -0.1) is 4.52 Å². The van der Waals surface area contributed by atoms with Crippen LogP contribution in [0.1, 0.15) is 12.5 Å². The van der Waals surface area contributed by atoms with Crippen molar-refractivity contribution in [1.29, 1.82) is 0 Å². The normalized spacial score (nSPS) is 10.8. The van der Waals surface area contributed by atoms with Gasteiger partial charge in [-0.2, -0.15) is 0 Å². The second-order valence-corrected chi connectivity index (χ2v) is 4.37. The van der Waals surface area contributed by atoms with E-state index in [9.17, 15) is 9.36 Å². The van der Waals surface area contributed by atoms with Gasteiger partial charge in [-0.25, -0.2) is 4.79 Å². The summed E-state index contributed by atoms with van der Waals surface area (Å²) in [6, 6.07) is 7.00. The van der Waals surface area contributed by atoms with Gasteiger partial charge < -0.3 is 4.74 Å². The van der Waals surface area contributed by atoms with Gasteiger partial charge in [0, 0.05) is 11.6 Å². The summed E-state index contributed by atoms with van der Waals surface area (Å²) in [5.74, 6) is -0.508. The summed E-state index contributed by atoms with van der Waals surface area (Å²) in [5, 5.41) is 0.557. The minimum Gasteiger partial charge on any atom is -0.457 e. The Morgan fingerprint density at radius 1 is 1.47 bits per heavy atom. The third-order valence-corrected chi connectivity index (χ3v) is 3.29. The first-order chi connectivity index (χ1) is 8.19. The average Bonchev–Trinajstić information content (AvgIpc) is 2.36. The molecule has 1 aromatic rings. The molecule has 0 amide bonds. The Bertz CT molecular complexity index is 428.